The van der Waals surface area contributed by atoms with Crippen LogP contribution in [-0.2, 0) is 4.79 Å². The molecule has 4 aromatic rings. The molecule has 2 heterocycles. The number of fused-ring (bicyclic) bond motifs is 2. The highest BCUT2D eigenvalue weighted by molar-refractivity contribution is 6.01. The maximum Gasteiger partial charge on any atom is 0.255 e. The average Bonchev–Trinajstić information content (AvgIpc) is 3.27. The van der Waals surface area contributed by atoms with Crippen LogP contribution < -0.4 is 5.32 Å². The average molecular weight is 427 g/mol. The zero-order valence-electron chi connectivity index (χ0n) is 17.6. The summed E-state index contributed by atoms with van der Waals surface area (Å²) >= 11 is 0. The Morgan fingerprint density at radius 2 is 1.75 bits per heavy atom. The zero-order chi connectivity index (χ0) is 22.2. The van der Waals surface area contributed by atoms with Crippen LogP contribution in [0.5, 0.6) is 0 Å². The van der Waals surface area contributed by atoms with E-state index in [-0.39, 0.29) is 36.6 Å². The number of aromatic nitrogens is 1. The van der Waals surface area contributed by atoms with Crippen molar-refractivity contribution in [3.8, 4) is 0 Å². The van der Waals surface area contributed by atoms with E-state index in [4.69, 9.17) is 0 Å². The van der Waals surface area contributed by atoms with Gasteiger partial charge in [-0.25, -0.2) is 4.39 Å². The number of hydrogen-bond acceptors (Lipinski definition) is 2. The van der Waals surface area contributed by atoms with Crippen LogP contribution in [0, 0.1) is 12.7 Å². The normalized spacial score (nSPS) is 15.2. The van der Waals surface area contributed by atoms with Crippen LogP contribution in [-0.4, -0.2) is 28.2 Å². The molecule has 1 atom stereocenters. The molecule has 0 fully saturated rings. The van der Waals surface area contributed by atoms with Crippen LogP contribution in [0.15, 0.2) is 72.8 Å². The number of rotatable bonds is 5. The van der Waals surface area contributed by atoms with E-state index in [9.17, 15) is 14.0 Å². The molecule has 1 aromatic heterocycles. The second-order valence-electron chi connectivity index (χ2n) is 8.00. The van der Waals surface area contributed by atoms with Gasteiger partial charge in [0.15, 0.2) is 0 Å². The smallest absolute Gasteiger partial charge is 0.255 e. The van der Waals surface area contributed by atoms with Crippen LogP contribution >= 0.6 is 0 Å². The van der Waals surface area contributed by atoms with Crippen molar-refractivity contribution in [3.05, 3.63) is 101 Å². The van der Waals surface area contributed by atoms with E-state index in [1.165, 1.54) is 24.3 Å². The first kappa shape index (κ1) is 20.0. The first-order valence-corrected chi connectivity index (χ1v) is 10.6. The van der Waals surface area contributed by atoms with Gasteiger partial charge in [0.1, 0.15) is 5.82 Å². The van der Waals surface area contributed by atoms with Gasteiger partial charge in [-0.1, -0.05) is 36.4 Å². The Balaban J connectivity index is 1.45. The predicted molar refractivity (Wildman–Crippen MR) is 122 cm³/mol. The minimum absolute atomic E-state index is 0.0788. The Bertz CT molecular complexity index is 1330. The van der Waals surface area contributed by atoms with Crippen LogP contribution in [0.2, 0.25) is 0 Å². The van der Waals surface area contributed by atoms with Crippen LogP contribution in [0.4, 0.5) is 10.1 Å². The van der Waals surface area contributed by atoms with E-state index in [1.807, 2.05) is 49.4 Å². The Kier molecular flexibility index (Phi) is 4.98. The Hall–Kier alpha value is -3.93. The molecule has 0 saturated heterocycles. The number of amides is 2. The van der Waals surface area contributed by atoms with Gasteiger partial charge >= 0.3 is 0 Å². The van der Waals surface area contributed by atoms with Gasteiger partial charge in [0.05, 0.1) is 6.04 Å². The van der Waals surface area contributed by atoms with Crippen LogP contribution in [0.3, 0.4) is 0 Å². The largest absolute Gasteiger partial charge is 0.358 e. The van der Waals surface area contributed by atoms with Gasteiger partial charge in [0.2, 0.25) is 5.91 Å². The van der Waals surface area contributed by atoms with Crippen molar-refractivity contribution in [2.75, 3.05) is 11.9 Å². The zero-order valence-corrected chi connectivity index (χ0v) is 17.6. The summed E-state index contributed by atoms with van der Waals surface area (Å²) in [6.45, 7) is 2.28. The number of nitrogens with zero attached hydrogens (tertiary/aromatic N) is 1. The van der Waals surface area contributed by atoms with Gasteiger partial charge in [-0.05, 0) is 48.9 Å². The molecule has 6 heteroatoms. The minimum Gasteiger partial charge on any atom is -0.358 e. The summed E-state index contributed by atoms with van der Waals surface area (Å²) in [7, 11) is 0. The Morgan fingerprint density at radius 3 is 2.56 bits per heavy atom. The maximum absolute atomic E-state index is 13.3. The van der Waals surface area contributed by atoms with E-state index < -0.39 is 0 Å². The van der Waals surface area contributed by atoms with Crippen molar-refractivity contribution in [1.29, 1.82) is 0 Å². The van der Waals surface area contributed by atoms with E-state index in [2.05, 4.69) is 16.4 Å². The number of carbonyl (C=O) groups excluding carboxylic acids is 2. The number of aromatic amines is 1. The lowest BCUT2D eigenvalue weighted by atomic mass is 9.95. The highest BCUT2D eigenvalue weighted by Gasteiger charge is 2.39. The van der Waals surface area contributed by atoms with Crippen molar-refractivity contribution >= 4 is 28.4 Å². The molecule has 0 bridgehead atoms. The highest BCUT2D eigenvalue weighted by atomic mass is 19.1. The van der Waals surface area contributed by atoms with Gasteiger partial charge in [-0.2, -0.15) is 0 Å². The lowest BCUT2D eigenvalue weighted by Gasteiger charge is -2.26. The van der Waals surface area contributed by atoms with E-state index in [1.54, 1.807) is 4.90 Å². The number of anilines is 1. The summed E-state index contributed by atoms with van der Waals surface area (Å²) in [5.74, 6) is -0.667. The first-order valence-electron chi connectivity index (χ1n) is 10.6. The molecule has 0 spiro atoms. The molecule has 0 aliphatic carbocycles. The third-order valence-corrected chi connectivity index (χ3v) is 5.98. The third kappa shape index (κ3) is 3.43. The van der Waals surface area contributed by atoms with Gasteiger partial charge in [-0.3, -0.25) is 9.59 Å². The predicted octanol–water partition coefficient (Wildman–Crippen LogP) is 5.19. The monoisotopic (exact) mass is 427 g/mol. The standard InChI is InChI=1S/C26H22FN3O2/c1-16-24(21-8-4-5-9-22(21)28-16)25-19-6-2-3-7-20(19)26(32)30(25)15-14-23(31)29-18-12-10-17(27)11-13-18/h2-13,25,28H,14-15H2,1H3,(H,29,31)/t25-/m1/s1. The molecule has 2 N–H and O–H groups in total. The molecule has 2 amide bonds. The molecule has 32 heavy (non-hydrogen) atoms. The molecule has 5 nitrogen and oxygen atoms in total. The SMILES string of the molecule is Cc1[nH]c2ccccc2c1[C@H]1c2ccccc2C(=O)N1CCC(=O)Nc1ccc(F)cc1. The summed E-state index contributed by atoms with van der Waals surface area (Å²) in [5.41, 5.74) is 5.21. The number of aryl methyl sites for hydroxylation is 1. The summed E-state index contributed by atoms with van der Waals surface area (Å²) in [4.78, 5) is 31.1. The molecule has 3 aromatic carbocycles. The lowest BCUT2D eigenvalue weighted by molar-refractivity contribution is -0.116. The molecule has 1 aliphatic rings. The molecule has 5 rings (SSSR count). The number of nitrogens with one attached hydrogen (secondary N) is 2. The lowest BCUT2D eigenvalue weighted by Crippen LogP contribution is -2.32. The van der Waals surface area contributed by atoms with Crippen LogP contribution in [0.25, 0.3) is 10.9 Å². The summed E-state index contributed by atoms with van der Waals surface area (Å²) in [5, 5.41) is 3.84. The van der Waals surface area contributed by atoms with Crippen molar-refractivity contribution < 1.29 is 14.0 Å². The molecule has 1 aliphatic heterocycles. The van der Waals surface area contributed by atoms with Gasteiger partial charge in [0.25, 0.3) is 5.91 Å². The van der Waals surface area contributed by atoms with Crippen molar-refractivity contribution in [1.82, 2.24) is 9.88 Å². The van der Waals surface area contributed by atoms with E-state index >= 15 is 0 Å². The van der Waals surface area contributed by atoms with Gasteiger partial charge in [0, 0.05) is 46.4 Å². The Morgan fingerprint density at radius 1 is 1.03 bits per heavy atom. The topological polar surface area (TPSA) is 65.2 Å². The summed E-state index contributed by atoms with van der Waals surface area (Å²) in [6, 6.07) is 21.0. The summed E-state index contributed by atoms with van der Waals surface area (Å²) in [6.07, 6.45) is 0.134. The number of carbonyl (C=O) groups is 2. The van der Waals surface area contributed by atoms with Gasteiger partial charge < -0.3 is 15.2 Å². The van der Waals surface area contributed by atoms with E-state index in [0.717, 1.165) is 27.7 Å². The summed E-state index contributed by atoms with van der Waals surface area (Å²) < 4.78 is 13.1. The second kappa shape index (κ2) is 7.96. The van der Waals surface area contributed by atoms with Crippen molar-refractivity contribution in [2.45, 2.75) is 19.4 Å². The highest BCUT2D eigenvalue weighted by Crippen LogP contribution is 2.42. The third-order valence-electron chi connectivity index (χ3n) is 5.98. The van der Waals surface area contributed by atoms with Crippen LogP contribution in [0.1, 0.15) is 39.6 Å². The first-order chi connectivity index (χ1) is 15.5. The quantitative estimate of drug-likeness (QED) is 0.460. The maximum atomic E-state index is 13.3. The fraction of sp³-hybridized carbons (Fsp3) is 0.154. The molecule has 0 radical (unpaired) electrons. The number of para-hydroxylation sites is 1. The number of H-pyrrole nitrogens is 1. The molecule has 0 saturated carbocycles. The molecule has 0 unspecified atom stereocenters. The van der Waals surface area contributed by atoms with Crippen molar-refractivity contribution in [2.24, 2.45) is 0 Å². The number of hydrogen-bond donors (Lipinski definition) is 2. The fourth-order valence-corrected chi connectivity index (χ4v) is 4.54. The Labute approximate surface area is 184 Å². The second-order valence-corrected chi connectivity index (χ2v) is 8.00. The van der Waals surface area contributed by atoms with E-state index in [0.29, 0.717) is 11.3 Å². The number of benzene rings is 3. The molecule has 160 valence electrons. The van der Waals surface area contributed by atoms with Gasteiger partial charge in [-0.15, -0.1) is 0 Å². The van der Waals surface area contributed by atoms with Crippen molar-refractivity contribution in [3.63, 3.8) is 0 Å². The fourth-order valence-electron chi connectivity index (χ4n) is 4.54. The minimum atomic E-state index is -0.361. The number of halogens is 1. The molecular formula is C26H22FN3O2. The molecular weight excluding hydrogens is 405 g/mol.